The molecule has 166 valence electrons. The summed E-state index contributed by atoms with van der Waals surface area (Å²) in [4.78, 5) is 48.9. The van der Waals surface area contributed by atoms with Crippen molar-refractivity contribution in [1.82, 2.24) is 4.90 Å². The SMILES string of the molecule is O=C(CN1C(=O)S/C(=C\c2ccc(SCCO)c([N+](=O)[O-])c2)C1=O)Nc1ccc(F)cc1. The number of thioether (sulfide) groups is 2. The van der Waals surface area contributed by atoms with Gasteiger partial charge in [-0.3, -0.25) is 29.4 Å². The van der Waals surface area contributed by atoms with E-state index in [9.17, 15) is 28.9 Å². The summed E-state index contributed by atoms with van der Waals surface area (Å²) < 4.78 is 13.0. The Balaban J connectivity index is 1.73. The van der Waals surface area contributed by atoms with Crippen molar-refractivity contribution in [2.75, 3.05) is 24.2 Å². The van der Waals surface area contributed by atoms with Crippen molar-refractivity contribution in [3.8, 4) is 0 Å². The normalized spacial score (nSPS) is 14.8. The van der Waals surface area contributed by atoms with Crippen molar-refractivity contribution in [1.29, 1.82) is 0 Å². The fraction of sp³-hybridized carbons (Fsp3) is 0.150. The van der Waals surface area contributed by atoms with E-state index in [0.29, 0.717) is 33.7 Å². The highest BCUT2D eigenvalue weighted by molar-refractivity contribution is 8.18. The van der Waals surface area contributed by atoms with Crippen molar-refractivity contribution < 1.29 is 28.8 Å². The van der Waals surface area contributed by atoms with Gasteiger partial charge in [0.25, 0.3) is 16.8 Å². The summed E-state index contributed by atoms with van der Waals surface area (Å²) in [7, 11) is 0. The molecule has 0 spiro atoms. The Hall–Kier alpha value is -3.22. The molecule has 1 heterocycles. The molecule has 0 bridgehead atoms. The van der Waals surface area contributed by atoms with Crippen LogP contribution in [-0.2, 0) is 9.59 Å². The Morgan fingerprint density at radius 1 is 1.25 bits per heavy atom. The number of halogens is 1. The first-order valence-corrected chi connectivity index (χ1v) is 10.9. The molecule has 0 saturated carbocycles. The fourth-order valence-corrected chi connectivity index (χ4v) is 4.30. The molecule has 0 radical (unpaired) electrons. The van der Waals surface area contributed by atoms with E-state index in [4.69, 9.17) is 5.11 Å². The van der Waals surface area contributed by atoms with Gasteiger partial charge in [-0.1, -0.05) is 6.07 Å². The van der Waals surface area contributed by atoms with Crippen LogP contribution in [0.1, 0.15) is 5.56 Å². The first-order valence-electron chi connectivity index (χ1n) is 9.11. The van der Waals surface area contributed by atoms with Crippen molar-refractivity contribution >= 4 is 58.0 Å². The number of aliphatic hydroxyl groups is 1. The summed E-state index contributed by atoms with van der Waals surface area (Å²) in [6, 6.07) is 9.34. The third-order valence-corrected chi connectivity index (χ3v) is 6.08. The molecule has 1 aliphatic heterocycles. The van der Waals surface area contributed by atoms with Gasteiger partial charge in [-0.05, 0) is 53.7 Å². The standard InChI is InChI=1S/C20H16FN3O6S2/c21-13-2-4-14(5-3-13)22-18(26)11-23-19(27)17(32-20(23)28)10-12-1-6-16(31-8-7-25)15(9-12)24(29)30/h1-6,9-10,25H,7-8,11H2,(H,22,26)/b17-10-. The minimum atomic E-state index is -0.698. The van der Waals surface area contributed by atoms with Gasteiger partial charge in [0.15, 0.2) is 0 Å². The average molecular weight is 477 g/mol. The van der Waals surface area contributed by atoms with Gasteiger partial charge >= 0.3 is 0 Å². The van der Waals surface area contributed by atoms with Crippen molar-refractivity contribution in [2.24, 2.45) is 0 Å². The first kappa shape index (κ1) is 23.4. The summed E-state index contributed by atoms with van der Waals surface area (Å²) >= 11 is 1.74. The van der Waals surface area contributed by atoms with Crippen molar-refractivity contribution in [2.45, 2.75) is 4.90 Å². The number of amides is 3. The smallest absolute Gasteiger partial charge is 0.294 e. The van der Waals surface area contributed by atoms with Crippen LogP contribution in [0.25, 0.3) is 6.08 Å². The second-order valence-electron chi connectivity index (χ2n) is 6.38. The van der Waals surface area contributed by atoms with Gasteiger partial charge in [0.05, 0.1) is 21.3 Å². The maximum Gasteiger partial charge on any atom is 0.294 e. The minimum Gasteiger partial charge on any atom is -0.396 e. The number of nitro benzene ring substituents is 1. The van der Waals surface area contributed by atoms with Gasteiger partial charge in [-0.2, -0.15) is 0 Å². The number of anilines is 1. The Labute approximate surface area is 189 Å². The number of carbonyl (C=O) groups is 3. The van der Waals surface area contributed by atoms with Gasteiger partial charge in [0.2, 0.25) is 5.91 Å². The van der Waals surface area contributed by atoms with E-state index in [1.165, 1.54) is 30.3 Å². The maximum atomic E-state index is 13.0. The number of aliphatic hydroxyl groups excluding tert-OH is 1. The van der Waals surface area contributed by atoms with Crippen molar-refractivity contribution in [3.63, 3.8) is 0 Å². The van der Waals surface area contributed by atoms with E-state index in [1.807, 2.05) is 0 Å². The van der Waals surface area contributed by atoms with E-state index in [2.05, 4.69) is 5.32 Å². The molecule has 1 fully saturated rings. The lowest BCUT2D eigenvalue weighted by Gasteiger charge is -2.12. The Morgan fingerprint density at radius 2 is 1.97 bits per heavy atom. The molecule has 9 nitrogen and oxygen atoms in total. The predicted molar refractivity (Wildman–Crippen MR) is 119 cm³/mol. The lowest BCUT2D eigenvalue weighted by atomic mass is 10.2. The van der Waals surface area contributed by atoms with Crippen LogP contribution in [0.4, 0.5) is 20.6 Å². The van der Waals surface area contributed by atoms with E-state index in [0.717, 1.165) is 28.8 Å². The lowest BCUT2D eigenvalue weighted by molar-refractivity contribution is -0.387. The number of benzene rings is 2. The van der Waals surface area contributed by atoms with E-state index in [1.54, 1.807) is 6.07 Å². The molecular formula is C20H16FN3O6S2. The van der Waals surface area contributed by atoms with Gasteiger partial charge in [0.1, 0.15) is 12.4 Å². The third-order valence-electron chi connectivity index (χ3n) is 4.13. The molecule has 32 heavy (non-hydrogen) atoms. The number of nitro groups is 1. The topological polar surface area (TPSA) is 130 Å². The quantitative estimate of drug-likeness (QED) is 0.256. The first-order chi connectivity index (χ1) is 15.3. The highest BCUT2D eigenvalue weighted by atomic mass is 32.2. The summed E-state index contributed by atoms with van der Waals surface area (Å²) in [5.41, 5.74) is 0.465. The molecule has 0 unspecified atom stereocenters. The number of nitrogens with zero attached hydrogens (tertiary/aromatic N) is 2. The molecule has 0 aliphatic carbocycles. The Kier molecular flexibility index (Phi) is 7.62. The van der Waals surface area contributed by atoms with E-state index >= 15 is 0 Å². The zero-order chi connectivity index (χ0) is 23.3. The lowest BCUT2D eigenvalue weighted by Crippen LogP contribution is -2.36. The number of imide groups is 1. The van der Waals surface area contributed by atoms with Crippen LogP contribution in [0.3, 0.4) is 0 Å². The van der Waals surface area contributed by atoms with Crippen LogP contribution in [0.5, 0.6) is 0 Å². The molecule has 3 amide bonds. The molecule has 2 aromatic carbocycles. The molecule has 0 aromatic heterocycles. The minimum absolute atomic E-state index is 0.0228. The summed E-state index contributed by atoms with van der Waals surface area (Å²) in [5.74, 6) is -1.52. The molecule has 1 saturated heterocycles. The number of hydrogen-bond donors (Lipinski definition) is 2. The van der Waals surface area contributed by atoms with E-state index in [-0.39, 0.29) is 17.2 Å². The second-order valence-corrected chi connectivity index (χ2v) is 8.51. The highest BCUT2D eigenvalue weighted by Crippen LogP contribution is 2.34. The average Bonchev–Trinajstić information content (AvgIpc) is 3.01. The van der Waals surface area contributed by atoms with Gasteiger partial charge < -0.3 is 10.4 Å². The molecule has 3 rings (SSSR count). The monoisotopic (exact) mass is 477 g/mol. The Bertz CT molecular complexity index is 1110. The summed E-state index contributed by atoms with van der Waals surface area (Å²) in [5, 5.41) is 22.1. The van der Waals surface area contributed by atoms with Crippen LogP contribution in [0, 0.1) is 15.9 Å². The van der Waals surface area contributed by atoms with Crippen LogP contribution in [-0.4, -0.2) is 50.9 Å². The zero-order valence-corrected chi connectivity index (χ0v) is 18.0. The molecule has 0 atom stereocenters. The van der Waals surface area contributed by atoms with Crippen LogP contribution >= 0.6 is 23.5 Å². The molecule has 1 aliphatic rings. The number of carbonyl (C=O) groups excluding carboxylic acids is 3. The third kappa shape index (κ3) is 5.72. The van der Waals surface area contributed by atoms with Gasteiger partial charge in [-0.25, -0.2) is 4.39 Å². The second kappa shape index (κ2) is 10.4. The summed E-state index contributed by atoms with van der Waals surface area (Å²) in [6.07, 6.45) is 1.34. The fourth-order valence-electron chi connectivity index (χ4n) is 2.71. The van der Waals surface area contributed by atoms with Gasteiger partial charge in [0, 0.05) is 17.5 Å². The highest BCUT2D eigenvalue weighted by Gasteiger charge is 2.36. The predicted octanol–water partition coefficient (Wildman–Crippen LogP) is 3.49. The summed E-state index contributed by atoms with van der Waals surface area (Å²) in [6.45, 7) is -0.665. The Morgan fingerprint density at radius 3 is 2.62 bits per heavy atom. The van der Waals surface area contributed by atoms with Crippen LogP contribution < -0.4 is 5.32 Å². The largest absolute Gasteiger partial charge is 0.396 e. The van der Waals surface area contributed by atoms with Crippen molar-refractivity contribution in [3.05, 3.63) is 68.9 Å². The number of nitrogens with one attached hydrogen (secondary N) is 1. The molecule has 2 N–H and O–H groups in total. The van der Waals surface area contributed by atoms with E-state index < -0.39 is 34.3 Å². The molecule has 2 aromatic rings. The molecular weight excluding hydrogens is 461 g/mol. The zero-order valence-electron chi connectivity index (χ0n) is 16.3. The number of hydrogen-bond acceptors (Lipinski definition) is 8. The van der Waals surface area contributed by atoms with Gasteiger partial charge in [-0.15, -0.1) is 11.8 Å². The maximum absolute atomic E-state index is 13.0. The van der Waals surface area contributed by atoms with Crippen LogP contribution in [0.2, 0.25) is 0 Å². The molecule has 12 heteroatoms. The van der Waals surface area contributed by atoms with Crippen LogP contribution in [0.15, 0.2) is 52.3 Å². The number of rotatable bonds is 8.